The Kier molecular flexibility index (Phi) is 6.79. The van der Waals surface area contributed by atoms with Gasteiger partial charge in [-0.3, -0.25) is 9.00 Å². The first kappa shape index (κ1) is 15.9. The second kappa shape index (κ2) is 7.26. The van der Waals surface area contributed by atoms with Crippen molar-refractivity contribution >= 4 is 22.8 Å². The van der Waals surface area contributed by atoms with E-state index in [0.717, 1.165) is 0 Å². The molecule has 100 valence electrons. The molecular formula is C10H20N2O4S. The van der Waals surface area contributed by atoms with Gasteiger partial charge in [0.05, 0.1) is 6.42 Å². The summed E-state index contributed by atoms with van der Waals surface area (Å²) in [6.07, 6.45) is 2.10. The summed E-state index contributed by atoms with van der Waals surface area (Å²) in [5.74, 6) is -0.421. The van der Waals surface area contributed by atoms with Crippen molar-refractivity contribution in [1.29, 1.82) is 0 Å². The molecule has 0 heterocycles. The van der Waals surface area contributed by atoms with Crippen molar-refractivity contribution in [1.82, 2.24) is 10.6 Å². The maximum atomic E-state index is 11.4. The van der Waals surface area contributed by atoms with Crippen molar-refractivity contribution in [3.05, 3.63) is 0 Å². The largest absolute Gasteiger partial charge is 0.481 e. The number of carbonyl (C=O) groups is 2. The van der Waals surface area contributed by atoms with Crippen molar-refractivity contribution in [2.45, 2.75) is 32.2 Å². The molecule has 0 aromatic rings. The maximum Gasteiger partial charge on any atom is 0.315 e. The molecule has 1 atom stereocenters. The van der Waals surface area contributed by atoms with Gasteiger partial charge in [-0.2, -0.15) is 0 Å². The van der Waals surface area contributed by atoms with Gasteiger partial charge in [-0.05, 0) is 20.3 Å². The van der Waals surface area contributed by atoms with Crippen LogP contribution in [0.2, 0.25) is 0 Å². The lowest BCUT2D eigenvalue weighted by molar-refractivity contribution is -0.138. The van der Waals surface area contributed by atoms with Crippen LogP contribution >= 0.6 is 0 Å². The van der Waals surface area contributed by atoms with Crippen LogP contribution in [0.5, 0.6) is 0 Å². The zero-order valence-electron chi connectivity index (χ0n) is 10.4. The molecule has 0 saturated carbocycles. The lowest BCUT2D eigenvalue weighted by Crippen LogP contribution is -2.49. The molecule has 0 aliphatic heterocycles. The Morgan fingerprint density at radius 1 is 1.35 bits per heavy atom. The smallest absolute Gasteiger partial charge is 0.315 e. The number of rotatable bonds is 7. The van der Waals surface area contributed by atoms with Gasteiger partial charge in [-0.1, -0.05) is 0 Å². The fourth-order valence-electron chi connectivity index (χ4n) is 1.25. The third-order valence-electron chi connectivity index (χ3n) is 1.94. The average molecular weight is 264 g/mol. The van der Waals surface area contributed by atoms with Gasteiger partial charge >= 0.3 is 12.0 Å². The van der Waals surface area contributed by atoms with Gasteiger partial charge in [-0.25, -0.2) is 4.79 Å². The summed E-state index contributed by atoms with van der Waals surface area (Å²) >= 11 is 0. The van der Waals surface area contributed by atoms with Crippen LogP contribution in [0.15, 0.2) is 0 Å². The third-order valence-corrected chi connectivity index (χ3v) is 2.80. The normalized spacial score (nSPS) is 12.9. The molecule has 0 aliphatic rings. The summed E-state index contributed by atoms with van der Waals surface area (Å²) in [6.45, 7) is 3.71. The zero-order valence-corrected chi connectivity index (χ0v) is 11.2. The highest BCUT2D eigenvalue weighted by Crippen LogP contribution is 2.07. The van der Waals surface area contributed by atoms with Crippen LogP contribution in [0.3, 0.4) is 0 Å². The topological polar surface area (TPSA) is 95.5 Å². The third kappa shape index (κ3) is 9.80. The number of carbonyl (C=O) groups excluding carboxylic acids is 1. The van der Waals surface area contributed by atoms with Gasteiger partial charge in [0.2, 0.25) is 0 Å². The van der Waals surface area contributed by atoms with Crippen molar-refractivity contribution < 1.29 is 18.9 Å². The molecule has 6 nitrogen and oxygen atoms in total. The number of carboxylic acids is 1. The average Bonchev–Trinajstić information content (AvgIpc) is 2.08. The van der Waals surface area contributed by atoms with Gasteiger partial charge in [0, 0.05) is 34.9 Å². The lowest BCUT2D eigenvalue weighted by atomic mass is 10.0. The first-order valence-corrected chi connectivity index (χ1v) is 7.03. The fraction of sp³-hybridized carbons (Fsp3) is 0.800. The highest BCUT2D eigenvalue weighted by Gasteiger charge is 2.23. The molecule has 0 aromatic carbocycles. The number of amides is 2. The number of nitrogens with one attached hydrogen (secondary N) is 2. The summed E-state index contributed by atoms with van der Waals surface area (Å²) in [7, 11) is -0.857. The van der Waals surface area contributed by atoms with E-state index in [1.807, 2.05) is 0 Å². The van der Waals surface area contributed by atoms with Gasteiger partial charge in [0.15, 0.2) is 0 Å². The van der Waals surface area contributed by atoms with E-state index < -0.39 is 28.3 Å². The first-order valence-electron chi connectivity index (χ1n) is 5.31. The Bertz CT molecular complexity index is 305. The molecule has 2 amide bonds. The van der Waals surface area contributed by atoms with Crippen LogP contribution in [0, 0.1) is 0 Å². The molecule has 0 spiro atoms. The standard InChI is InChI=1S/C10H20N2O4S/c1-10(2,7-8(13)14)12-9(15)11-5-4-6-17(3)16/h4-7H2,1-3H3,(H,13,14)(H2,11,12,15). The number of hydrogen-bond acceptors (Lipinski definition) is 3. The molecule has 0 bridgehead atoms. The van der Waals surface area contributed by atoms with Gasteiger partial charge in [0.25, 0.3) is 0 Å². The molecule has 0 radical (unpaired) electrons. The maximum absolute atomic E-state index is 11.4. The summed E-state index contributed by atoms with van der Waals surface area (Å²) < 4.78 is 10.8. The molecule has 0 aromatic heterocycles. The van der Waals surface area contributed by atoms with Crippen LogP contribution < -0.4 is 10.6 Å². The quantitative estimate of drug-likeness (QED) is 0.577. The number of aliphatic carboxylic acids is 1. The number of hydrogen-bond donors (Lipinski definition) is 3. The number of urea groups is 1. The second-order valence-electron chi connectivity index (χ2n) is 4.47. The second-order valence-corrected chi connectivity index (χ2v) is 6.02. The minimum Gasteiger partial charge on any atom is -0.481 e. The summed E-state index contributed by atoms with van der Waals surface area (Å²) in [6, 6.07) is -0.405. The molecule has 1 unspecified atom stereocenters. The first-order chi connectivity index (χ1) is 7.73. The predicted molar refractivity (Wildman–Crippen MR) is 66.4 cm³/mol. The highest BCUT2D eigenvalue weighted by molar-refractivity contribution is 7.84. The van der Waals surface area contributed by atoms with E-state index in [1.54, 1.807) is 20.1 Å². The van der Waals surface area contributed by atoms with Crippen LogP contribution in [-0.2, 0) is 15.6 Å². The fourth-order valence-corrected chi connectivity index (χ4v) is 1.80. The summed E-state index contributed by atoms with van der Waals surface area (Å²) in [5, 5.41) is 13.8. The summed E-state index contributed by atoms with van der Waals surface area (Å²) in [4.78, 5) is 21.9. The minimum atomic E-state index is -0.961. The van der Waals surface area contributed by atoms with Gasteiger partial charge < -0.3 is 15.7 Å². The van der Waals surface area contributed by atoms with Crippen molar-refractivity contribution in [3.63, 3.8) is 0 Å². The molecule has 0 rings (SSSR count). The molecule has 0 saturated heterocycles. The van der Waals surface area contributed by atoms with E-state index in [-0.39, 0.29) is 6.42 Å². The van der Waals surface area contributed by atoms with Crippen molar-refractivity contribution in [2.24, 2.45) is 0 Å². The molecule has 17 heavy (non-hydrogen) atoms. The highest BCUT2D eigenvalue weighted by atomic mass is 32.2. The van der Waals surface area contributed by atoms with E-state index in [2.05, 4.69) is 10.6 Å². The van der Waals surface area contributed by atoms with Crippen LogP contribution in [-0.4, -0.2) is 45.4 Å². The van der Waals surface area contributed by atoms with Gasteiger partial charge in [0.1, 0.15) is 0 Å². The Hall–Kier alpha value is -1.11. The Balaban J connectivity index is 3.85. The Labute approximate surface area is 104 Å². The molecule has 0 aliphatic carbocycles. The SMILES string of the molecule is CS(=O)CCCNC(=O)NC(C)(C)CC(=O)O. The monoisotopic (exact) mass is 264 g/mol. The molecule has 3 N–H and O–H groups in total. The van der Waals surface area contributed by atoms with Crippen LogP contribution in [0.4, 0.5) is 4.79 Å². The van der Waals surface area contributed by atoms with Crippen molar-refractivity contribution in [2.75, 3.05) is 18.6 Å². The van der Waals surface area contributed by atoms with Gasteiger partial charge in [-0.15, -0.1) is 0 Å². The van der Waals surface area contributed by atoms with E-state index >= 15 is 0 Å². The van der Waals surface area contributed by atoms with E-state index in [9.17, 15) is 13.8 Å². The molecular weight excluding hydrogens is 244 g/mol. The van der Waals surface area contributed by atoms with E-state index in [4.69, 9.17) is 5.11 Å². The number of carboxylic acid groups (broad SMARTS) is 1. The molecule has 0 fully saturated rings. The predicted octanol–water partition coefficient (Wildman–Crippen LogP) is 0.308. The lowest BCUT2D eigenvalue weighted by Gasteiger charge is -2.24. The zero-order chi connectivity index (χ0) is 13.5. The van der Waals surface area contributed by atoms with Crippen LogP contribution in [0.25, 0.3) is 0 Å². The van der Waals surface area contributed by atoms with Crippen LogP contribution in [0.1, 0.15) is 26.7 Å². The summed E-state index contributed by atoms with van der Waals surface area (Å²) in [5.41, 5.74) is -0.788. The van der Waals surface area contributed by atoms with E-state index in [1.165, 1.54) is 0 Å². The minimum absolute atomic E-state index is 0.139. The van der Waals surface area contributed by atoms with E-state index in [0.29, 0.717) is 18.7 Å². The Morgan fingerprint density at radius 3 is 2.41 bits per heavy atom. The Morgan fingerprint density at radius 2 is 1.94 bits per heavy atom. The molecule has 7 heteroatoms. The van der Waals surface area contributed by atoms with Crippen molar-refractivity contribution in [3.8, 4) is 0 Å².